The number of amides is 4. The van der Waals surface area contributed by atoms with E-state index in [1.54, 1.807) is 59.4 Å². The maximum atomic E-state index is 14.4. The highest BCUT2D eigenvalue weighted by atomic mass is 32.2. The zero-order chi connectivity index (χ0) is 52.1. The molecule has 69 heavy (non-hydrogen) atoms. The molecule has 4 amide bonds. The molecule has 2 aromatic carbocycles. The number of alkyl halides is 3. The third-order valence-corrected chi connectivity index (χ3v) is 14.8. The monoisotopic (exact) mass is 994 g/mol. The molecular formula is C50H74F3N5O10S. The van der Waals surface area contributed by atoms with Crippen molar-refractivity contribution in [2.24, 2.45) is 35.5 Å². The number of carbonyl (C=O) groups excluding carboxylic acids is 6. The Balaban J connectivity index is 1.84. The van der Waals surface area contributed by atoms with Crippen molar-refractivity contribution >= 4 is 50.9 Å². The maximum absolute atomic E-state index is 14.4. The summed E-state index contributed by atoms with van der Waals surface area (Å²) in [6.07, 6.45) is -5.36. The Morgan fingerprint density at radius 1 is 0.826 bits per heavy atom. The molecule has 386 valence electrons. The van der Waals surface area contributed by atoms with E-state index in [9.17, 15) is 50.4 Å². The average molecular weight is 994 g/mol. The lowest BCUT2D eigenvalue weighted by Gasteiger charge is -2.41. The molecule has 1 fully saturated rings. The van der Waals surface area contributed by atoms with E-state index in [0.29, 0.717) is 31.4 Å². The van der Waals surface area contributed by atoms with Gasteiger partial charge in [0.15, 0.2) is 5.78 Å². The molecule has 0 aromatic heterocycles. The Labute approximate surface area is 406 Å². The Morgan fingerprint density at radius 3 is 1.94 bits per heavy atom. The van der Waals surface area contributed by atoms with Crippen LogP contribution in [0.4, 0.5) is 18.9 Å². The molecule has 1 saturated heterocycles. The van der Waals surface area contributed by atoms with E-state index in [-0.39, 0.29) is 66.3 Å². The molecule has 2 N–H and O–H groups in total. The van der Waals surface area contributed by atoms with Crippen molar-refractivity contribution in [2.75, 3.05) is 47.2 Å². The van der Waals surface area contributed by atoms with E-state index in [1.165, 1.54) is 14.2 Å². The van der Waals surface area contributed by atoms with Crippen molar-refractivity contribution in [3.8, 4) is 0 Å². The van der Waals surface area contributed by atoms with Crippen LogP contribution in [0.15, 0.2) is 59.5 Å². The zero-order valence-electron chi connectivity index (χ0n) is 42.2. The molecule has 1 aliphatic rings. The topological polar surface area (TPSA) is 189 Å². The first kappa shape index (κ1) is 58.6. The highest BCUT2D eigenvalue weighted by Gasteiger charge is 2.44. The number of ketones is 2. The number of likely N-dealkylation sites (tertiary alicyclic amines) is 1. The van der Waals surface area contributed by atoms with Crippen molar-refractivity contribution in [3.63, 3.8) is 0 Å². The highest BCUT2D eigenvalue weighted by molar-refractivity contribution is 7.90. The number of nitrogens with one attached hydrogen (secondary N) is 2. The fraction of sp³-hybridized carbons (Fsp3) is 0.640. The minimum absolute atomic E-state index is 0.0106. The fourth-order valence-electron chi connectivity index (χ4n) is 9.58. The highest BCUT2D eigenvalue weighted by Crippen LogP contribution is 2.32. The van der Waals surface area contributed by atoms with Gasteiger partial charge >= 0.3 is 12.1 Å². The zero-order valence-corrected chi connectivity index (χ0v) is 43.0. The van der Waals surface area contributed by atoms with Gasteiger partial charge in [0.05, 0.1) is 41.6 Å². The van der Waals surface area contributed by atoms with Crippen molar-refractivity contribution in [1.29, 1.82) is 0 Å². The second kappa shape index (κ2) is 25.9. The molecule has 0 unspecified atom stereocenters. The number of hydrogen-bond donors (Lipinski definition) is 2. The number of carbonyl (C=O) groups is 6. The minimum atomic E-state index is -5.17. The summed E-state index contributed by atoms with van der Waals surface area (Å²) in [6, 6.07) is 11.0. The Bertz CT molecular complexity index is 2150. The van der Waals surface area contributed by atoms with Gasteiger partial charge < -0.3 is 24.6 Å². The molecule has 0 aliphatic carbocycles. The maximum Gasteiger partial charge on any atom is 0.471 e. The van der Waals surface area contributed by atoms with Gasteiger partial charge in [-0.3, -0.25) is 33.7 Å². The van der Waals surface area contributed by atoms with E-state index in [2.05, 4.69) is 0 Å². The summed E-state index contributed by atoms with van der Waals surface area (Å²) < 4.78 is 79.0. The number of hydrogen-bond acceptors (Lipinski definition) is 11. The van der Waals surface area contributed by atoms with E-state index < -0.39 is 87.2 Å². The van der Waals surface area contributed by atoms with Gasteiger partial charge in [-0.15, -0.1) is 0 Å². The lowest BCUT2D eigenvalue weighted by Crippen LogP contribution is -2.54. The first-order chi connectivity index (χ1) is 32.2. The Kier molecular flexibility index (Phi) is 22.0. The van der Waals surface area contributed by atoms with Crippen LogP contribution in [0, 0.1) is 35.5 Å². The summed E-state index contributed by atoms with van der Waals surface area (Å²) in [5.41, 5.74) is 0.317. The molecular weight excluding hydrogens is 920 g/mol. The summed E-state index contributed by atoms with van der Waals surface area (Å²) in [5.74, 6) is -6.99. The third kappa shape index (κ3) is 15.9. The molecule has 0 saturated carbocycles. The van der Waals surface area contributed by atoms with Crippen LogP contribution in [0.2, 0.25) is 0 Å². The van der Waals surface area contributed by atoms with E-state index >= 15 is 0 Å². The van der Waals surface area contributed by atoms with Crippen molar-refractivity contribution in [3.05, 3.63) is 60.2 Å². The number of Topliss-reactive ketones (excluding diaryl/α,β-unsaturated/α-hetero) is 2. The molecule has 15 nitrogen and oxygen atoms in total. The van der Waals surface area contributed by atoms with Crippen LogP contribution in [0.5, 0.6) is 0 Å². The van der Waals surface area contributed by atoms with Crippen LogP contribution in [0.25, 0.3) is 0 Å². The molecule has 19 heteroatoms. The van der Waals surface area contributed by atoms with Crippen molar-refractivity contribution in [1.82, 2.24) is 19.4 Å². The number of halogens is 3. The predicted molar refractivity (Wildman–Crippen MR) is 256 cm³/mol. The molecule has 0 radical (unpaired) electrons. The number of likely N-dealkylation sites (N-methyl/N-ethyl adjacent to an activating group) is 2. The number of rotatable bonds is 26. The number of anilines is 1. The second-order valence-corrected chi connectivity index (χ2v) is 20.9. The van der Waals surface area contributed by atoms with Gasteiger partial charge in [-0.2, -0.15) is 13.2 Å². The number of nitrogens with zero attached hydrogens (tertiary/aromatic N) is 3. The largest absolute Gasteiger partial charge is 0.471 e. The van der Waals surface area contributed by atoms with Gasteiger partial charge in [-0.05, 0) is 80.9 Å². The lowest BCUT2D eigenvalue weighted by atomic mass is 9.83. The third-order valence-electron chi connectivity index (χ3n) is 13.5. The standard InChI is InChI=1S/C50H74F3N5O10S/c1-13-32(6)45(57(10)48(63)38(30(2)3)28-41(60)44(31(4)5)56(8)9)42(67-11)29-43(61)58-25-17-20-39(58)46(68-12)33(7)40(59)27-35(26-34-18-15-14-16-19-34)47(62)55-69(65,66)37-23-21-36(22-24-37)54-49(64)50(51,52)53/h14-16,18-19,21-24,30-33,35,38-39,42,44-46H,13,17,20,25-29H2,1-12H3,(H,54,64)(H,55,62)/t32-,33-,35+,38-,39-,42+,44-,45-,46+/m0/s1. The Hall–Kier alpha value is -4.72. The number of benzene rings is 2. The van der Waals surface area contributed by atoms with Crippen LogP contribution in [-0.2, 0) is 54.7 Å². The van der Waals surface area contributed by atoms with E-state index in [4.69, 9.17) is 9.47 Å². The first-order valence-corrected chi connectivity index (χ1v) is 25.1. The number of methoxy groups -OCH3 is 2. The molecule has 9 atom stereocenters. The van der Waals surface area contributed by atoms with E-state index in [0.717, 1.165) is 24.3 Å². The van der Waals surface area contributed by atoms with Gasteiger partial charge in [-0.25, -0.2) is 13.1 Å². The first-order valence-electron chi connectivity index (χ1n) is 23.6. The quantitative estimate of drug-likeness (QED) is 0.104. The van der Waals surface area contributed by atoms with Gasteiger partial charge in [0.25, 0.3) is 10.0 Å². The smallest absolute Gasteiger partial charge is 0.379 e. The average Bonchev–Trinajstić information content (AvgIpc) is 3.77. The molecule has 0 bridgehead atoms. The van der Waals surface area contributed by atoms with Crippen LogP contribution in [0.3, 0.4) is 0 Å². The summed E-state index contributed by atoms with van der Waals surface area (Å²) in [7, 11) is 3.76. The second-order valence-electron chi connectivity index (χ2n) is 19.3. The van der Waals surface area contributed by atoms with Gasteiger partial charge in [-0.1, -0.05) is 85.2 Å². The van der Waals surface area contributed by atoms with Crippen LogP contribution in [0.1, 0.15) is 92.6 Å². The van der Waals surface area contributed by atoms with E-state index in [1.807, 2.05) is 65.3 Å². The van der Waals surface area contributed by atoms with Crippen LogP contribution in [-0.4, -0.2) is 137 Å². The normalized spacial score (nSPS) is 17.9. The summed E-state index contributed by atoms with van der Waals surface area (Å²) in [4.78, 5) is 86.7. The summed E-state index contributed by atoms with van der Waals surface area (Å²) >= 11 is 0. The SMILES string of the molecule is CC[C@H](C)[C@@H]([C@@H](CC(=O)N1CCC[C@H]1[C@H](OC)[C@@H](C)C(=O)C[C@@H](Cc1ccccc1)C(=O)NS(=O)(=O)c1ccc(NC(=O)C(F)(F)F)cc1)OC)N(C)C(=O)[C@@H](CC(=O)[C@H](C(C)C)N(C)C)C(C)C. The molecule has 1 aliphatic heterocycles. The molecule has 0 spiro atoms. The number of sulfonamides is 1. The summed E-state index contributed by atoms with van der Waals surface area (Å²) in [6.45, 7) is 13.8. The van der Waals surface area contributed by atoms with Crippen molar-refractivity contribution in [2.45, 2.75) is 135 Å². The molecule has 2 aromatic rings. The lowest BCUT2D eigenvalue weighted by molar-refractivity contribution is -0.167. The molecule has 1 heterocycles. The van der Waals surface area contributed by atoms with Crippen molar-refractivity contribution < 1.29 is 59.8 Å². The summed E-state index contributed by atoms with van der Waals surface area (Å²) in [5, 5.41) is 1.63. The number of ether oxygens (including phenoxy) is 2. The fourth-order valence-corrected chi connectivity index (χ4v) is 10.6. The van der Waals surface area contributed by atoms with Crippen LogP contribution >= 0.6 is 0 Å². The minimum Gasteiger partial charge on any atom is -0.379 e. The predicted octanol–water partition coefficient (Wildman–Crippen LogP) is 6.55. The van der Waals surface area contributed by atoms with Gasteiger partial charge in [0, 0.05) is 64.1 Å². The van der Waals surface area contributed by atoms with Gasteiger partial charge in [0.2, 0.25) is 17.7 Å². The Morgan fingerprint density at radius 2 is 1.43 bits per heavy atom. The van der Waals surface area contributed by atoms with Gasteiger partial charge in [0.1, 0.15) is 5.78 Å². The van der Waals surface area contributed by atoms with Crippen LogP contribution < -0.4 is 10.0 Å². The molecule has 3 rings (SSSR count).